The monoisotopic (exact) mass is 553 g/mol. The molecule has 1 fully saturated rings. The molecule has 11 heteroatoms. The molecule has 6 nitrogen and oxygen atoms in total. The second-order valence-electron chi connectivity index (χ2n) is 9.30. The number of carbonyl (C=O) groups is 2. The third kappa shape index (κ3) is 5.20. The number of hydrogen-bond donors (Lipinski definition) is 1. The zero-order chi connectivity index (χ0) is 27.2. The van der Waals surface area contributed by atoms with E-state index in [0.29, 0.717) is 53.7 Å². The fourth-order valence-electron chi connectivity index (χ4n) is 4.85. The number of carboxylic acids is 1. The number of carboxylic acid groups (broad SMARTS) is 1. The number of aromatic nitrogens is 2. The minimum absolute atomic E-state index is 0.0340. The number of carbonyl (C=O) groups excluding carboxylic acids is 1. The lowest BCUT2D eigenvalue weighted by Gasteiger charge is -2.34. The van der Waals surface area contributed by atoms with Crippen LogP contribution in [0.4, 0.5) is 13.2 Å². The van der Waals surface area contributed by atoms with Gasteiger partial charge in [-0.25, -0.2) is 4.98 Å². The Labute approximate surface area is 221 Å². The maximum Gasteiger partial charge on any atom is 0.416 e. The molecule has 0 atom stereocenters. The molecule has 0 spiro atoms. The van der Waals surface area contributed by atoms with Crippen LogP contribution in [0.5, 0.6) is 0 Å². The molecule has 2 aromatic heterocycles. The molecule has 3 aromatic rings. The van der Waals surface area contributed by atoms with Gasteiger partial charge in [0.05, 0.1) is 21.7 Å². The first-order valence-corrected chi connectivity index (χ1v) is 12.3. The fourth-order valence-corrected chi connectivity index (χ4v) is 5.45. The Hall–Kier alpha value is -3.04. The third-order valence-electron chi connectivity index (χ3n) is 6.79. The van der Waals surface area contributed by atoms with E-state index < -0.39 is 23.6 Å². The number of hydrogen-bond acceptors (Lipinski definition) is 4. The van der Waals surface area contributed by atoms with E-state index in [9.17, 15) is 22.8 Å². The number of pyridine rings is 1. The molecule has 37 heavy (non-hydrogen) atoms. The largest absolute Gasteiger partial charge is 0.481 e. The maximum atomic E-state index is 13.7. The van der Waals surface area contributed by atoms with Crippen LogP contribution in [0.15, 0.2) is 31.1 Å². The summed E-state index contributed by atoms with van der Waals surface area (Å²) >= 11 is 13.0. The van der Waals surface area contributed by atoms with E-state index in [4.69, 9.17) is 28.3 Å². The van der Waals surface area contributed by atoms with E-state index in [-0.39, 0.29) is 33.6 Å². The normalized spacial score (nSPS) is 14.8. The SMILES string of the molecule is C=C(c1cnc(Cl)c(C(=O)n2cc(C)c3cc(C(F)(F)F)cc(C)c32)c1Cl)N1CCC(CC(=O)O)CC1. The first-order chi connectivity index (χ1) is 17.3. The third-order valence-corrected chi connectivity index (χ3v) is 7.47. The number of aryl methyl sites for hydroxylation is 2. The highest BCUT2D eigenvalue weighted by Crippen LogP contribution is 2.37. The summed E-state index contributed by atoms with van der Waals surface area (Å²) in [7, 11) is 0. The number of benzene rings is 1. The van der Waals surface area contributed by atoms with E-state index in [2.05, 4.69) is 11.6 Å². The summed E-state index contributed by atoms with van der Waals surface area (Å²) in [6.45, 7) is 8.39. The van der Waals surface area contributed by atoms with E-state index in [0.717, 1.165) is 12.1 Å². The highest BCUT2D eigenvalue weighted by Gasteiger charge is 2.33. The van der Waals surface area contributed by atoms with Gasteiger partial charge in [0.1, 0.15) is 5.15 Å². The van der Waals surface area contributed by atoms with E-state index in [1.807, 2.05) is 4.90 Å². The van der Waals surface area contributed by atoms with Gasteiger partial charge in [-0.2, -0.15) is 13.2 Å². The summed E-state index contributed by atoms with van der Waals surface area (Å²) in [6.07, 6.45) is -0.192. The van der Waals surface area contributed by atoms with Crippen LogP contribution < -0.4 is 0 Å². The minimum atomic E-state index is -4.52. The number of piperidine rings is 1. The molecule has 0 aliphatic carbocycles. The lowest BCUT2D eigenvalue weighted by molar-refractivity contribution is -0.139. The van der Waals surface area contributed by atoms with Gasteiger partial charge in [-0.05, 0) is 55.9 Å². The van der Waals surface area contributed by atoms with Gasteiger partial charge in [0.2, 0.25) is 0 Å². The Morgan fingerprint density at radius 2 is 1.81 bits per heavy atom. The molecular formula is C26H24Cl2F3N3O3. The van der Waals surface area contributed by atoms with Crippen LogP contribution in [-0.4, -0.2) is 44.5 Å². The van der Waals surface area contributed by atoms with Gasteiger partial charge in [0, 0.05) is 48.6 Å². The molecule has 1 N–H and O–H groups in total. The molecule has 0 radical (unpaired) electrons. The highest BCUT2D eigenvalue weighted by molar-refractivity contribution is 6.40. The summed E-state index contributed by atoms with van der Waals surface area (Å²) in [5.41, 5.74) is 1.13. The zero-order valence-corrected chi connectivity index (χ0v) is 21.6. The van der Waals surface area contributed by atoms with Crippen LogP contribution in [-0.2, 0) is 11.0 Å². The molecule has 0 unspecified atom stereocenters. The molecule has 4 rings (SSSR count). The van der Waals surface area contributed by atoms with Gasteiger partial charge in [-0.3, -0.25) is 14.2 Å². The van der Waals surface area contributed by atoms with Crippen molar-refractivity contribution in [2.24, 2.45) is 5.92 Å². The first kappa shape index (κ1) is 27.0. The predicted molar refractivity (Wildman–Crippen MR) is 136 cm³/mol. The van der Waals surface area contributed by atoms with Crippen molar-refractivity contribution < 1.29 is 27.9 Å². The van der Waals surface area contributed by atoms with Crippen molar-refractivity contribution in [2.45, 2.75) is 39.3 Å². The highest BCUT2D eigenvalue weighted by atomic mass is 35.5. The number of halogens is 5. The quantitative estimate of drug-likeness (QED) is 0.350. The molecule has 1 aromatic carbocycles. The second kappa shape index (κ2) is 10.0. The molecule has 1 aliphatic heterocycles. The Morgan fingerprint density at radius 3 is 2.41 bits per heavy atom. The first-order valence-electron chi connectivity index (χ1n) is 11.5. The van der Waals surface area contributed by atoms with Crippen molar-refractivity contribution in [1.29, 1.82) is 0 Å². The van der Waals surface area contributed by atoms with Crippen LogP contribution in [0.25, 0.3) is 16.6 Å². The van der Waals surface area contributed by atoms with Crippen LogP contribution in [0.1, 0.15) is 51.9 Å². The van der Waals surface area contributed by atoms with Gasteiger partial charge in [-0.1, -0.05) is 29.8 Å². The predicted octanol–water partition coefficient (Wildman–Crippen LogP) is 6.82. The van der Waals surface area contributed by atoms with Gasteiger partial charge in [0.25, 0.3) is 5.91 Å². The average Bonchev–Trinajstić information content (AvgIpc) is 3.15. The number of alkyl halides is 3. The maximum absolute atomic E-state index is 13.7. The number of fused-ring (bicyclic) bond motifs is 1. The number of aliphatic carboxylic acids is 1. The standard InChI is InChI=1S/C26H24Cl2F3N3O3/c1-13-8-17(26(29,30)31)10-18-14(2)12-34(23(13)18)25(37)21-22(27)19(11-32-24(21)28)15(3)33-6-4-16(5-7-33)9-20(35)36/h8,10-12,16H,3-7,9H2,1-2H3,(H,35,36). The number of likely N-dealkylation sites (tertiary alicyclic amines) is 1. The van der Waals surface area contributed by atoms with Gasteiger partial charge in [0.15, 0.2) is 0 Å². The molecule has 1 saturated heterocycles. The Balaban J connectivity index is 1.70. The van der Waals surface area contributed by atoms with E-state index >= 15 is 0 Å². The topological polar surface area (TPSA) is 75.4 Å². The lowest BCUT2D eigenvalue weighted by Crippen LogP contribution is -2.33. The van der Waals surface area contributed by atoms with Crippen molar-refractivity contribution in [2.75, 3.05) is 13.1 Å². The summed E-state index contributed by atoms with van der Waals surface area (Å²) in [6, 6.07) is 2.02. The number of rotatable bonds is 5. The molecular weight excluding hydrogens is 530 g/mol. The summed E-state index contributed by atoms with van der Waals surface area (Å²) in [5.74, 6) is -1.38. The lowest BCUT2D eigenvalue weighted by atomic mass is 9.93. The van der Waals surface area contributed by atoms with Crippen LogP contribution in [0.3, 0.4) is 0 Å². The number of nitrogens with zero attached hydrogens (tertiary/aromatic N) is 3. The molecule has 0 saturated carbocycles. The Bertz CT molecular complexity index is 1420. The molecule has 0 bridgehead atoms. The van der Waals surface area contributed by atoms with Crippen molar-refractivity contribution in [3.8, 4) is 0 Å². The molecule has 3 heterocycles. The van der Waals surface area contributed by atoms with Crippen LogP contribution in [0.2, 0.25) is 10.2 Å². The van der Waals surface area contributed by atoms with Gasteiger partial charge >= 0.3 is 12.1 Å². The van der Waals surface area contributed by atoms with E-state index in [1.54, 1.807) is 6.92 Å². The van der Waals surface area contributed by atoms with Crippen LogP contribution >= 0.6 is 23.2 Å². The van der Waals surface area contributed by atoms with Crippen molar-refractivity contribution >= 4 is 51.7 Å². The molecule has 196 valence electrons. The zero-order valence-electron chi connectivity index (χ0n) is 20.1. The van der Waals surface area contributed by atoms with E-state index in [1.165, 1.54) is 23.9 Å². The van der Waals surface area contributed by atoms with Crippen molar-refractivity contribution in [1.82, 2.24) is 14.5 Å². The van der Waals surface area contributed by atoms with Crippen molar-refractivity contribution in [3.05, 3.63) is 69.1 Å². The summed E-state index contributed by atoms with van der Waals surface area (Å²) in [5, 5.41) is 9.23. The summed E-state index contributed by atoms with van der Waals surface area (Å²) < 4.78 is 41.3. The minimum Gasteiger partial charge on any atom is -0.481 e. The Kier molecular flexibility index (Phi) is 7.32. The van der Waals surface area contributed by atoms with Crippen molar-refractivity contribution in [3.63, 3.8) is 0 Å². The second-order valence-corrected chi connectivity index (χ2v) is 10.0. The Morgan fingerprint density at radius 1 is 1.16 bits per heavy atom. The van der Waals surface area contributed by atoms with Crippen LogP contribution in [0, 0.1) is 19.8 Å². The smallest absolute Gasteiger partial charge is 0.416 e. The van der Waals surface area contributed by atoms with Gasteiger partial charge in [-0.15, -0.1) is 0 Å². The fraction of sp³-hybridized carbons (Fsp3) is 0.346. The molecule has 0 amide bonds. The van der Waals surface area contributed by atoms with Gasteiger partial charge < -0.3 is 10.0 Å². The molecule has 1 aliphatic rings. The summed E-state index contributed by atoms with van der Waals surface area (Å²) in [4.78, 5) is 30.8. The average molecular weight is 554 g/mol.